The molecule has 0 heterocycles. The molecular formula is C12H24N2O4. The molecule has 18 heavy (non-hydrogen) atoms. The van der Waals surface area contributed by atoms with Crippen molar-refractivity contribution >= 4 is 11.9 Å². The van der Waals surface area contributed by atoms with Gasteiger partial charge in [-0.25, -0.2) is 4.79 Å². The molecule has 0 aliphatic heterocycles. The predicted molar refractivity (Wildman–Crippen MR) is 68.1 cm³/mol. The first-order valence-corrected chi connectivity index (χ1v) is 6.21. The number of nitrogens with two attached hydrogens (primary N) is 1. The molecule has 0 aliphatic rings. The molecule has 1 amide bonds. The van der Waals surface area contributed by atoms with E-state index >= 15 is 0 Å². The lowest BCUT2D eigenvalue weighted by Gasteiger charge is -2.22. The van der Waals surface area contributed by atoms with Gasteiger partial charge in [0, 0.05) is 13.7 Å². The molecule has 3 atom stereocenters. The molecule has 0 spiro atoms. The number of rotatable bonds is 9. The van der Waals surface area contributed by atoms with Crippen molar-refractivity contribution in [3.05, 3.63) is 0 Å². The average molecular weight is 260 g/mol. The Morgan fingerprint density at radius 2 is 2.06 bits per heavy atom. The quantitative estimate of drug-likeness (QED) is 0.519. The topological polar surface area (TPSA) is 102 Å². The van der Waals surface area contributed by atoms with Gasteiger partial charge >= 0.3 is 5.97 Å². The lowest BCUT2D eigenvalue weighted by Crippen LogP contribution is -2.51. The molecule has 4 N–H and O–H groups in total. The van der Waals surface area contributed by atoms with Gasteiger partial charge in [-0.15, -0.1) is 0 Å². The van der Waals surface area contributed by atoms with E-state index in [1.54, 1.807) is 14.0 Å². The van der Waals surface area contributed by atoms with Gasteiger partial charge in [-0.1, -0.05) is 20.3 Å². The van der Waals surface area contributed by atoms with Gasteiger partial charge in [0.2, 0.25) is 5.91 Å². The third-order valence-electron chi connectivity index (χ3n) is 2.98. The first-order chi connectivity index (χ1) is 8.43. The van der Waals surface area contributed by atoms with Crippen LogP contribution in [0.5, 0.6) is 0 Å². The molecule has 6 heteroatoms. The lowest BCUT2D eigenvalue weighted by molar-refractivity contribution is -0.143. The number of methoxy groups -OCH3 is 1. The molecule has 6 nitrogen and oxygen atoms in total. The molecule has 0 bridgehead atoms. The minimum Gasteiger partial charge on any atom is -0.480 e. The highest BCUT2D eigenvalue weighted by Crippen LogP contribution is 2.08. The number of hydrogen-bond donors (Lipinski definition) is 3. The van der Waals surface area contributed by atoms with Crippen molar-refractivity contribution < 1.29 is 19.4 Å². The fraction of sp³-hybridized carbons (Fsp3) is 0.833. The molecule has 0 aromatic rings. The van der Waals surface area contributed by atoms with Crippen molar-refractivity contribution in [2.45, 2.75) is 45.2 Å². The van der Waals surface area contributed by atoms with Gasteiger partial charge in [-0.3, -0.25) is 4.79 Å². The van der Waals surface area contributed by atoms with Crippen molar-refractivity contribution in [1.82, 2.24) is 5.32 Å². The Kier molecular flexibility index (Phi) is 8.32. The van der Waals surface area contributed by atoms with E-state index in [1.807, 2.05) is 6.92 Å². The van der Waals surface area contributed by atoms with Crippen LogP contribution in [0.2, 0.25) is 0 Å². The fourth-order valence-corrected chi connectivity index (χ4v) is 1.52. The van der Waals surface area contributed by atoms with Crippen LogP contribution >= 0.6 is 0 Å². The Bertz CT molecular complexity index is 271. The van der Waals surface area contributed by atoms with Gasteiger partial charge in [0.05, 0.1) is 6.04 Å². The van der Waals surface area contributed by atoms with E-state index in [4.69, 9.17) is 15.6 Å². The minimum atomic E-state index is -1.03. The van der Waals surface area contributed by atoms with Gasteiger partial charge in [-0.2, -0.15) is 0 Å². The largest absolute Gasteiger partial charge is 0.480 e. The van der Waals surface area contributed by atoms with E-state index in [-0.39, 0.29) is 5.92 Å². The molecule has 0 fully saturated rings. The summed E-state index contributed by atoms with van der Waals surface area (Å²) in [5.41, 5.74) is 5.69. The molecule has 0 saturated carbocycles. The Labute approximate surface area is 108 Å². The number of carboxylic acids is 1. The van der Waals surface area contributed by atoms with Crippen LogP contribution in [-0.4, -0.2) is 42.8 Å². The van der Waals surface area contributed by atoms with Crippen molar-refractivity contribution in [2.75, 3.05) is 13.7 Å². The van der Waals surface area contributed by atoms with E-state index in [9.17, 15) is 9.59 Å². The number of nitrogens with one attached hydrogen (secondary N) is 1. The van der Waals surface area contributed by atoms with E-state index in [2.05, 4.69) is 5.32 Å². The predicted octanol–water partition coefficient (Wildman–Crippen LogP) is 0.356. The minimum absolute atomic E-state index is 0.127. The molecule has 0 saturated heterocycles. The van der Waals surface area contributed by atoms with Crippen LogP contribution in [0.3, 0.4) is 0 Å². The summed E-state index contributed by atoms with van der Waals surface area (Å²) in [5.74, 6) is -1.57. The smallest absolute Gasteiger partial charge is 0.326 e. The zero-order valence-corrected chi connectivity index (χ0v) is 11.3. The second-order valence-corrected chi connectivity index (χ2v) is 4.45. The maximum Gasteiger partial charge on any atom is 0.326 e. The molecule has 106 valence electrons. The maximum absolute atomic E-state index is 11.7. The second-order valence-electron chi connectivity index (χ2n) is 4.45. The van der Waals surface area contributed by atoms with Crippen molar-refractivity contribution in [1.29, 1.82) is 0 Å². The van der Waals surface area contributed by atoms with Crippen LogP contribution in [0.15, 0.2) is 0 Å². The highest BCUT2D eigenvalue weighted by molar-refractivity contribution is 5.86. The Balaban J connectivity index is 4.28. The number of ether oxygens (including phenoxy) is 1. The third kappa shape index (κ3) is 5.97. The third-order valence-corrected chi connectivity index (χ3v) is 2.98. The van der Waals surface area contributed by atoms with Crippen LogP contribution in [0.4, 0.5) is 0 Å². The van der Waals surface area contributed by atoms with E-state index < -0.39 is 24.0 Å². The second kappa shape index (κ2) is 8.88. The SMILES string of the molecule is CC[C@H](C)[C@H](NC(=O)C(N)CCCOC)C(=O)O. The zero-order valence-electron chi connectivity index (χ0n) is 11.3. The van der Waals surface area contributed by atoms with Gasteiger partial charge in [0.25, 0.3) is 0 Å². The summed E-state index contributed by atoms with van der Waals surface area (Å²) in [7, 11) is 1.58. The van der Waals surface area contributed by atoms with Crippen LogP contribution in [0.25, 0.3) is 0 Å². The maximum atomic E-state index is 11.7. The summed E-state index contributed by atoms with van der Waals surface area (Å²) in [4.78, 5) is 22.8. The number of carboxylic acid groups (broad SMARTS) is 1. The van der Waals surface area contributed by atoms with Crippen LogP contribution in [-0.2, 0) is 14.3 Å². The molecule has 0 rings (SSSR count). The molecule has 0 aromatic carbocycles. The number of carbonyl (C=O) groups is 2. The molecule has 1 unspecified atom stereocenters. The van der Waals surface area contributed by atoms with Gasteiger partial charge < -0.3 is 20.9 Å². The van der Waals surface area contributed by atoms with Crippen LogP contribution < -0.4 is 11.1 Å². The number of carbonyl (C=O) groups excluding carboxylic acids is 1. The van der Waals surface area contributed by atoms with Crippen LogP contribution in [0, 0.1) is 5.92 Å². The fourth-order valence-electron chi connectivity index (χ4n) is 1.52. The highest BCUT2D eigenvalue weighted by Gasteiger charge is 2.27. The molecule has 0 radical (unpaired) electrons. The molecule has 0 aliphatic carbocycles. The van der Waals surface area contributed by atoms with E-state index in [0.29, 0.717) is 25.9 Å². The summed E-state index contributed by atoms with van der Waals surface area (Å²) >= 11 is 0. The summed E-state index contributed by atoms with van der Waals surface area (Å²) < 4.78 is 4.87. The first kappa shape index (κ1) is 16.9. The summed E-state index contributed by atoms with van der Waals surface area (Å²) in [6.45, 7) is 4.20. The highest BCUT2D eigenvalue weighted by atomic mass is 16.5. The molecular weight excluding hydrogens is 236 g/mol. The Morgan fingerprint density at radius 1 is 1.44 bits per heavy atom. The van der Waals surface area contributed by atoms with Gasteiger partial charge in [0.15, 0.2) is 0 Å². The van der Waals surface area contributed by atoms with Gasteiger partial charge in [0.1, 0.15) is 6.04 Å². The van der Waals surface area contributed by atoms with Crippen LogP contribution in [0.1, 0.15) is 33.1 Å². The van der Waals surface area contributed by atoms with Crippen molar-refractivity contribution in [3.8, 4) is 0 Å². The van der Waals surface area contributed by atoms with Crippen molar-refractivity contribution in [2.24, 2.45) is 11.7 Å². The van der Waals surface area contributed by atoms with Crippen molar-refractivity contribution in [3.63, 3.8) is 0 Å². The average Bonchev–Trinajstić information content (AvgIpc) is 2.34. The number of hydrogen-bond acceptors (Lipinski definition) is 4. The zero-order chi connectivity index (χ0) is 14.1. The Hall–Kier alpha value is -1.14. The normalized spacial score (nSPS) is 15.8. The summed E-state index contributed by atoms with van der Waals surface area (Å²) in [6, 6.07) is -1.57. The summed E-state index contributed by atoms with van der Waals surface area (Å²) in [5, 5.41) is 11.5. The van der Waals surface area contributed by atoms with E-state index in [0.717, 1.165) is 0 Å². The first-order valence-electron chi connectivity index (χ1n) is 6.21. The monoisotopic (exact) mass is 260 g/mol. The van der Waals surface area contributed by atoms with E-state index in [1.165, 1.54) is 0 Å². The lowest BCUT2D eigenvalue weighted by atomic mass is 9.98. The van der Waals surface area contributed by atoms with Gasteiger partial charge in [-0.05, 0) is 18.8 Å². The molecule has 0 aromatic heterocycles. The summed E-state index contributed by atoms with van der Waals surface area (Å²) in [6.07, 6.45) is 1.83. The number of amides is 1. The standard InChI is InChI=1S/C12H24N2O4/c1-4-8(2)10(12(16)17)14-11(15)9(13)6-5-7-18-3/h8-10H,4-7,13H2,1-3H3,(H,14,15)(H,16,17)/t8-,9?,10-/m0/s1. The Morgan fingerprint density at radius 3 is 2.50 bits per heavy atom. The number of aliphatic carboxylic acids is 1.